The molecule has 0 radical (unpaired) electrons. The van der Waals surface area contributed by atoms with Crippen LogP contribution in [-0.4, -0.2) is 11.1 Å². The molecular formula is C13H16O2. The Balaban J connectivity index is 3.45. The fourth-order valence-corrected chi connectivity index (χ4v) is 1.64. The van der Waals surface area contributed by atoms with Crippen LogP contribution in [0.1, 0.15) is 27.8 Å². The van der Waals surface area contributed by atoms with E-state index >= 15 is 0 Å². The summed E-state index contributed by atoms with van der Waals surface area (Å²) in [7, 11) is 0. The maximum absolute atomic E-state index is 10.9. The summed E-state index contributed by atoms with van der Waals surface area (Å²) in [5, 5.41) is 8.91. The van der Waals surface area contributed by atoms with Crippen molar-refractivity contribution in [2.45, 2.75) is 27.7 Å². The number of aryl methyl sites for hydroxylation is 1. The van der Waals surface area contributed by atoms with Gasteiger partial charge >= 0.3 is 5.97 Å². The number of carboxylic acid groups (broad SMARTS) is 1. The smallest absolute Gasteiger partial charge is 0.335 e. The van der Waals surface area contributed by atoms with E-state index in [1.165, 1.54) is 5.56 Å². The van der Waals surface area contributed by atoms with Gasteiger partial charge in [-0.2, -0.15) is 0 Å². The average Bonchev–Trinajstić information content (AvgIpc) is 2.19. The van der Waals surface area contributed by atoms with Gasteiger partial charge in [-0.3, -0.25) is 0 Å². The zero-order chi connectivity index (χ0) is 11.7. The molecule has 15 heavy (non-hydrogen) atoms. The highest BCUT2D eigenvalue weighted by Gasteiger charge is 2.13. The monoisotopic (exact) mass is 204 g/mol. The molecule has 1 aromatic carbocycles. The molecule has 0 aromatic heterocycles. The van der Waals surface area contributed by atoms with Gasteiger partial charge in [0.2, 0.25) is 0 Å². The maximum atomic E-state index is 10.9. The molecular weight excluding hydrogens is 188 g/mol. The van der Waals surface area contributed by atoms with Gasteiger partial charge < -0.3 is 5.11 Å². The Kier molecular flexibility index (Phi) is 2.98. The first kappa shape index (κ1) is 11.5. The lowest BCUT2D eigenvalue weighted by atomic mass is 9.91. The minimum Gasteiger partial charge on any atom is -0.478 e. The van der Waals surface area contributed by atoms with Crippen LogP contribution >= 0.6 is 0 Å². The number of aliphatic carboxylic acids is 1. The van der Waals surface area contributed by atoms with Crippen LogP contribution in [0.4, 0.5) is 0 Å². The summed E-state index contributed by atoms with van der Waals surface area (Å²) in [6.45, 7) is 11.6. The first-order valence-electron chi connectivity index (χ1n) is 4.86. The molecule has 80 valence electrons. The quantitative estimate of drug-likeness (QED) is 0.752. The van der Waals surface area contributed by atoms with Crippen molar-refractivity contribution >= 4 is 11.5 Å². The van der Waals surface area contributed by atoms with Gasteiger partial charge in [-0.05, 0) is 55.5 Å². The van der Waals surface area contributed by atoms with Gasteiger partial charge in [0.15, 0.2) is 0 Å². The standard InChI is InChI=1S/C13H16O2/c1-7-6-12(11(5)13(14)15)10(4)9(3)8(7)2/h6H,5H2,1-4H3,(H,14,15). The largest absolute Gasteiger partial charge is 0.478 e. The van der Waals surface area contributed by atoms with Crippen molar-refractivity contribution in [3.05, 3.63) is 40.5 Å². The molecule has 0 unspecified atom stereocenters. The minimum absolute atomic E-state index is 0.165. The molecule has 1 rings (SSSR count). The van der Waals surface area contributed by atoms with E-state index in [4.69, 9.17) is 5.11 Å². The molecule has 0 aliphatic carbocycles. The Hall–Kier alpha value is -1.57. The molecule has 1 N–H and O–H groups in total. The van der Waals surface area contributed by atoms with E-state index in [2.05, 4.69) is 6.58 Å². The first-order valence-corrected chi connectivity index (χ1v) is 4.86. The Morgan fingerprint density at radius 1 is 1.13 bits per heavy atom. The summed E-state index contributed by atoms with van der Waals surface area (Å²) in [6, 6.07) is 1.90. The number of carboxylic acids is 1. The number of rotatable bonds is 2. The fraction of sp³-hybridized carbons (Fsp3) is 0.308. The Morgan fingerprint density at radius 2 is 1.67 bits per heavy atom. The third kappa shape index (κ3) is 1.94. The Labute approximate surface area is 90.3 Å². The van der Waals surface area contributed by atoms with Crippen LogP contribution in [0.25, 0.3) is 5.57 Å². The second-order valence-corrected chi connectivity index (χ2v) is 3.90. The number of hydrogen-bond acceptors (Lipinski definition) is 1. The highest BCUT2D eigenvalue weighted by Crippen LogP contribution is 2.25. The van der Waals surface area contributed by atoms with Crippen molar-refractivity contribution in [3.63, 3.8) is 0 Å². The number of hydrogen-bond donors (Lipinski definition) is 1. The topological polar surface area (TPSA) is 37.3 Å². The van der Waals surface area contributed by atoms with Gasteiger partial charge in [-0.25, -0.2) is 4.79 Å². The summed E-state index contributed by atoms with van der Waals surface area (Å²) < 4.78 is 0. The van der Waals surface area contributed by atoms with Crippen LogP contribution < -0.4 is 0 Å². The Bertz CT molecular complexity index is 442. The average molecular weight is 204 g/mol. The van der Waals surface area contributed by atoms with Gasteiger partial charge in [0.25, 0.3) is 0 Å². The van der Waals surface area contributed by atoms with Crippen LogP contribution in [0.15, 0.2) is 12.6 Å². The molecule has 2 heteroatoms. The van der Waals surface area contributed by atoms with E-state index in [1.807, 2.05) is 33.8 Å². The molecule has 0 saturated carbocycles. The van der Waals surface area contributed by atoms with E-state index in [-0.39, 0.29) is 5.57 Å². The van der Waals surface area contributed by atoms with E-state index < -0.39 is 5.97 Å². The van der Waals surface area contributed by atoms with Crippen LogP contribution in [0, 0.1) is 27.7 Å². The molecule has 2 nitrogen and oxygen atoms in total. The van der Waals surface area contributed by atoms with Gasteiger partial charge in [0, 0.05) is 0 Å². The summed E-state index contributed by atoms with van der Waals surface area (Å²) in [5.41, 5.74) is 5.38. The zero-order valence-electron chi connectivity index (χ0n) is 9.64. The molecule has 0 amide bonds. The second-order valence-electron chi connectivity index (χ2n) is 3.90. The van der Waals surface area contributed by atoms with E-state index in [1.54, 1.807) is 0 Å². The van der Waals surface area contributed by atoms with Crippen molar-refractivity contribution in [3.8, 4) is 0 Å². The van der Waals surface area contributed by atoms with E-state index in [9.17, 15) is 4.79 Å². The molecule has 0 atom stereocenters. The third-order valence-electron chi connectivity index (χ3n) is 3.06. The molecule has 0 fully saturated rings. The number of carbonyl (C=O) groups is 1. The van der Waals surface area contributed by atoms with Crippen molar-refractivity contribution < 1.29 is 9.90 Å². The predicted molar refractivity (Wildman–Crippen MR) is 62.1 cm³/mol. The molecule has 0 spiro atoms. The molecule has 0 saturated heterocycles. The lowest BCUT2D eigenvalue weighted by molar-refractivity contribution is -0.130. The van der Waals surface area contributed by atoms with E-state index in [0.717, 1.165) is 22.3 Å². The predicted octanol–water partition coefficient (Wildman–Crippen LogP) is 3.02. The lowest BCUT2D eigenvalue weighted by Gasteiger charge is -2.13. The van der Waals surface area contributed by atoms with Crippen molar-refractivity contribution in [1.29, 1.82) is 0 Å². The molecule has 0 bridgehead atoms. The lowest BCUT2D eigenvalue weighted by Crippen LogP contribution is -2.03. The van der Waals surface area contributed by atoms with Crippen molar-refractivity contribution in [2.24, 2.45) is 0 Å². The van der Waals surface area contributed by atoms with Gasteiger partial charge in [-0.15, -0.1) is 0 Å². The van der Waals surface area contributed by atoms with E-state index in [0.29, 0.717) is 0 Å². The summed E-state index contributed by atoms with van der Waals surface area (Å²) >= 11 is 0. The van der Waals surface area contributed by atoms with Crippen molar-refractivity contribution in [2.75, 3.05) is 0 Å². The zero-order valence-corrected chi connectivity index (χ0v) is 9.64. The fourth-order valence-electron chi connectivity index (χ4n) is 1.64. The normalized spacial score (nSPS) is 10.1. The molecule has 0 heterocycles. The summed E-state index contributed by atoms with van der Waals surface area (Å²) in [5.74, 6) is -0.958. The van der Waals surface area contributed by atoms with Gasteiger partial charge in [0.05, 0.1) is 5.57 Å². The second kappa shape index (κ2) is 3.89. The highest BCUT2D eigenvalue weighted by atomic mass is 16.4. The summed E-state index contributed by atoms with van der Waals surface area (Å²) in [4.78, 5) is 10.9. The molecule has 1 aromatic rings. The Morgan fingerprint density at radius 3 is 2.13 bits per heavy atom. The molecule has 0 aliphatic heterocycles. The minimum atomic E-state index is -0.958. The van der Waals surface area contributed by atoms with Gasteiger partial charge in [-0.1, -0.05) is 12.6 Å². The molecule has 0 aliphatic rings. The third-order valence-corrected chi connectivity index (χ3v) is 3.06. The highest BCUT2D eigenvalue weighted by molar-refractivity contribution is 6.15. The van der Waals surface area contributed by atoms with Crippen LogP contribution in [0.5, 0.6) is 0 Å². The van der Waals surface area contributed by atoms with Crippen LogP contribution in [0.3, 0.4) is 0 Å². The van der Waals surface area contributed by atoms with Gasteiger partial charge in [0.1, 0.15) is 0 Å². The van der Waals surface area contributed by atoms with Crippen LogP contribution in [0.2, 0.25) is 0 Å². The summed E-state index contributed by atoms with van der Waals surface area (Å²) in [6.07, 6.45) is 0. The van der Waals surface area contributed by atoms with Crippen LogP contribution in [-0.2, 0) is 4.79 Å². The number of benzene rings is 1. The first-order chi connectivity index (χ1) is 6.86. The maximum Gasteiger partial charge on any atom is 0.335 e. The SMILES string of the molecule is C=C(C(=O)O)c1cc(C)c(C)c(C)c1C. The van der Waals surface area contributed by atoms with Crippen molar-refractivity contribution in [1.82, 2.24) is 0 Å².